The summed E-state index contributed by atoms with van der Waals surface area (Å²) in [4.78, 5) is 16.7. The SMILES string of the molecule is CCCN=S(C)(=O)c1ccc([N+](=O)OC)cc1. The molecule has 5 nitrogen and oxygen atoms in total. The Hall–Kier alpha value is -1.43. The van der Waals surface area contributed by atoms with Gasteiger partial charge >= 0.3 is 5.69 Å². The van der Waals surface area contributed by atoms with Gasteiger partial charge in [-0.3, -0.25) is 0 Å². The Morgan fingerprint density at radius 3 is 2.41 bits per heavy atom. The van der Waals surface area contributed by atoms with Gasteiger partial charge in [-0.1, -0.05) is 6.92 Å². The maximum atomic E-state index is 12.2. The van der Waals surface area contributed by atoms with Crippen molar-refractivity contribution in [3.05, 3.63) is 29.2 Å². The maximum absolute atomic E-state index is 12.2. The average Bonchev–Trinajstić information content (AvgIpc) is 2.35. The molecule has 0 amide bonds. The van der Waals surface area contributed by atoms with Gasteiger partial charge in [0.05, 0.1) is 14.6 Å². The molecule has 0 radical (unpaired) electrons. The van der Waals surface area contributed by atoms with Crippen molar-refractivity contribution in [2.45, 2.75) is 18.2 Å². The van der Waals surface area contributed by atoms with Crippen LogP contribution in [0.25, 0.3) is 0 Å². The first-order valence-corrected chi connectivity index (χ1v) is 7.23. The molecule has 6 heteroatoms. The van der Waals surface area contributed by atoms with Crippen molar-refractivity contribution in [3.63, 3.8) is 0 Å². The summed E-state index contributed by atoms with van der Waals surface area (Å²) >= 11 is 0. The van der Waals surface area contributed by atoms with Crippen LogP contribution in [0, 0.1) is 4.91 Å². The molecule has 0 bridgehead atoms. The van der Waals surface area contributed by atoms with Crippen LogP contribution in [0.5, 0.6) is 0 Å². The van der Waals surface area contributed by atoms with E-state index >= 15 is 0 Å². The summed E-state index contributed by atoms with van der Waals surface area (Å²) in [5.41, 5.74) is 0.363. The van der Waals surface area contributed by atoms with Crippen LogP contribution < -0.4 is 0 Å². The first-order valence-electron chi connectivity index (χ1n) is 5.30. The van der Waals surface area contributed by atoms with Gasteiger partial charge in [0.2, 0.25) is 0 Å². The number of rotatable bonds is 5. The molecule has 1 aromatic carbocycles. The van der Waals surface area contributed by atoms with Gasteiger partial charge in [-0.15, -0.1) is 0 Å². The highest BCUT2D eigenvalue weighted by atomic mass is 32.2. The fourth-order valence-electron chi connectivity index (χ4n) is 1.27. The number of hydrogen-bond donors (Lipinski definition) is 0. The van der Waals surface area contributed by atoms with Crippen molar-refractivity contribution >= 4 is 15.4 Å². The van der Waals surface area contributed by atoms with E-state index in [1.165, 1.54) is 7.11 Å². The summed E-state index contributed by atoms with van der Waals surface area (Å²) in [5, 5.41) is 0. The average molecular weight is 257 g/mol. The number of benzene rings is 1. The van der Waals surface area contributed by atoms with Gasteiger partial charge in [-0.25, -0.2) is 13.4 Å². The quantitative estimate of drug-likeness (QED) is 0.761. The van der Waals surface area contributed by atoms with Crippen LogP contribution in [-0.4, -0.2) is 29.0 Å². The minimum Gasteiger partial charge on any atom is -0.245 e. The topological polar surface area (TPSA) is 58.7 Å². The van der Waals surface area contributed by atoms with E-state index in [4.69, 9.17) is 0 Å². The third-order valence-electron chi connectivity index (χ3n) is 2.21. The van der Waals surface area contributed by atoms with Crippen molar-refractivity contribution in [2.24, 2.45) is 4.36 Å². The first kappa shape index (κ1) is 13.6. The minimum atomic E-state index is -2.36. The lowest BCUT2D eigenvalue weighted by molar-refractivity contribution is -0.736. The number of nitrogens with zero attached hydrogens (tertiary/aromatic N) is 2. The fraction of sp³-hybridized carbons (Fsp3) is 0.455. The van der Waals surface area contributed by atoms with Crippen LogP contribution in [-0.2, 0) is 14.6 Å². The molecule has 0 heterocycles. The Kier molecular flexibility index (Phi) is 4.62. The summed E-state index contributed by atoms with van der Waals surface area (Å²) in [6, 6.07) is 6.41. The Labute approximate surface area is 102 Å². The van der Waals surface area contributed by atoms with Crippen molar-refractivity contribution in [3.8, 4) is 0 Å². The first-order chi connectivity index (χ1) is 8.01. The van der Waals surface area contributed by atoms with Gasteiger partial charge in [0.15, 0.2) is 7.11 Å². The lowest BCUT2D eigenvalue weighted by Gasteiger charge is -2.03. The highest BCUT2D eigenvalue weighted by Gasteiger charge is 2.14. The highest BCUT2D eigenvalue weighted by Crippen LogP contribution is 2.17. The van der Waals surface area contributed by atoms with Crippen LogP contribution in [0.2, 0.25) is 0 Å². The zero-order valence-corrected chi connectivity index (χ0v) is 11.1. The maximum Gasteiger partial charge on any atom is 0.316 e. The Balaban J connectivity index is 3.03. The van der Waals surface area contributed by atoms with E-state index < -0.39 is 9.73 Å². The standard InChI is InChI=1S/C11H17N2O3S/c1-4-9-12-17(3,15)11-7-5-10(6-8-11)13(14)16-2/h5-8H,4,9H2,1-3H3/q+1. The summed E-state index contributed by atoms with van der Waals surface area (Å²) in [7, 11) is -1.07. The normalized spacial score (nSPS) is 13.8. The molecule has 0 saturated carbocycles. The zero-order valence-electron chi connectivity index (χ0n) is 10.3. The molecular weight excluding hydrogens is 240 g/mol. The van der Waals surface area contributed by atoms with Crippen molar-refractivity contribution in [1.29, 1.82) is 0 Å². The monoisotopic (exact) mass is 257 g/mol. The predicted octanol–water partition coefficient (Wildman–Crippen LogP) is 2.53. The van der Waals surface area contributed by atoms with Crippen molar-refractivity contribution in [1.82, 2.24) is 0 Å². The van der Waals surface area contributed by atoms with E-state index in [2.05, 4.69) is 9.20 Å². The molecule has 0 spiro atoms. The molecule has 0 aliphatic heterocycles. The van der Waals surface area contributed by atoms with E-state index in [9.17, 15) is 9.12 Å². The fourth-order valence-corrected chi connectivity index (χ4v) is 2.59. The third kappa shape index (κ3) is 3.52. The predicted molar refractivity (Wildman–Crippen MR) is 66.7 cm³/mol. The largest absolute Gasteiger partial charge is 0.316 e. The second kappa shape index (κ2) is 5.77. The Morgan fingerprint density at radius 2 is 1.94 bits per heavy atom. The summed E-state index contributed by atoms with van der Waals surface area (Å²) < 4.78 is 16.4. The van der Waals surface area contributed by atoms with Crippen molar-refractivity contribution in [2.75, 3.05) is 19.9 Å². The molecule has 1 aromatic rings. The zero-order chi connectivity index (χ0) is 12.9. The van der Waals surface area contributed by atoms with Gasteiger partial charge in [0, 0.05) is 29.8 Å². The second-order valence-corrected chi connectivity index (χ2v) is 5.92. The van der Waals surface area contributed by atoms with Crippen LogP contribution >= 0.6 is 0 Å². The molecule has 0 fully saturated rings. The van der Waals surface area contributed by atoms with Crippen molar-refractivity contribution < 1.29 is 14.0 Å². The molecule has 0 aliphatic rings. The molecule has 0 saturated heterocycles. The van der Waals surface area contributed by atoms with E-state index in [1.54, 1.807) is 30.5 Å². The van der Waals surface area contributed by atoms with E-state index in [0.717, 1.165) is 6.42 Å². The van der Waals surface area contributed by atoms with Gasteiger partial charge in [-0.05, 0) is 18.6 Å². The van der Waals surface area contributed by atoms with Crippen LogP contribution in [0.4, 0.5) is 5.69 Å². The van der Waals surface area contributed by atoms with E-state index in [0.29, 0.717) is 22.1 Å². The lowest BCUT2D eigenvalue weighted by Crippen LogP contribution is -2.01. The molecule has 0 aliphatic carbocycles. The molecule has 17 heavy (non-hydrogen) atoms. The van der Waals surface area contributed by atoms with Gasteiger partial charge < -0.3 is 0 Å². The van der Waals surface area contributed by atoms with Gasteiger partial charge in [0.25, 0.3) is 4.92 Å². The van der Waals surface area contributed by atoms with Crippen LogP contribution in [0.15, 0.2) is 33.5 Å². The van der Waals surface area contributed by atoms with Gasteiger partial charge in [-0.2, -0.15) is 0 Å². The summed E-state index contributed by atoms with van der Waals surface area (Å²) in [6.45, 7) is 2.55. The summed E-state index contributed by atoms with van der Waals surface area (Å²) in [5.74, 6) is 0. The molecule has 1 rings (SSSR count). The lowest BCUT2D eigenvalue weighted by atomic mass is 10.3. The molecule has 0 aromatic heterocycles. The minimum absolute atomic E-state index is 0.363. The second-order valence-electron chi connectivity index (χ2n) is 3.59. The molecule has 0 N–H and O–H groups in total. The molecular formula is C11H17N2O3S+. The molecule has 94 valence electrons. The van der Waals surface area contributed by atoms with Crippen LogP contribution in [0.3, 0.4) is 0 Å². The third-order valence-corrected chi connectivity index (χ3v) is 4.03. The molecule has 1 unspecified atom stereocenters. The van der Waals surface area contributed by atoms with Crippen LogP contribution in [0.1, 0.15) is 13.3 Å². The van der Waals surface area contributed by atoms with E-state index in [1.807, 2.05) is 6.92 Å². The number of hydrogen-bond acceptors (Lipinski definition) is 4. The van der Waals surface area contributed by atoms with Gasteiger partial charge in [0.1, 0.15) is 0 Å². The summed E-state index contributed by atoms with van der Waals surface area (Å²) in [6.07, 6.45) is 2.46. The Morgan fingerprint density at radius 1 is 1.35 bits per heavy atom. The van der Waals surface area contributed by atoms with E-state index in [-0.39, 0.29) is 0 Å². The smallest absolute Gasteiger partial charge is 0.245 e. The molecule has 1 atom stereocenters. The Bertz CT molecular complexity index is 502. The highest BCUT2D eigenvalue weighted by molar-refractivity contribution is 7.93.